The minimum Gasteiger partial charge on any atom is -0.389 e. The van der Waals surface area contributed by atoms with Crippen molar-refractivity contribution in [1.29, 1.82) is 0 Å². The first kappa shape index (κ1) is 14.9. The van der Waals surface area contributed by atoms with E-state index in [-0.39, 0.29) is 0 Å². The quantitative estimate of drug-likeness (QED) is 0.756. The maximum atomic E-state index is 9.73. The summed E-state index contributed by atoms with van der Waals surface area (Å²) in [5.41, 5.74) is 8.58. The summed E-state index contributed by atoms with van der Waals surface area (Å²) in [6, 6.07) is 5.91. The molecule has 0 aliphatic carbocycles. The molecular weight excluding hydrogens is 248 g/mol. The Labute approximate surface area is 113 Å². The number of nitrogens with zero attached hydrogens (tertiary/aromatic N) is 1. The lowest BCUT2D eigenvalue weighted by Gasteiger charge is -2.25. The van der Waals surface area contributed by atoms with E-state index < -0.39 is 6.10 Å². The number of benzene rings is 1. The maximum absolute atomic E-state index is 9.73. The van der Waals surface area contributed by atoms with E-state index in [1.165, 1.54) is 0 Å². The van der Waals surface area contributed by atoms with Gasteiger partial charge in [-0.25, -0.2) is 0 Å². The van der Waals surface area contributed by atoms with Crippen LogP contribution >= 0.6 is 12.2 Å². The van der Waals surface area contributed by atoms with Gasteiger partial charge in [0.2, 0.25) is 0 Å². The second kappa shape index (κ2) is 6.68. The molecule has 0 fully saturated rings. The van der Waals surface area contributed by atoms with E-state index in [0.29, 0.717) is 18.1 Å². The number of hydrogen-bond donors (Lipinski definition) is 2. The number of thiocarbonyl (C=S) groups is 1. The van der Waals surface area contributed by atoms with Gasteiger partial charge in [0.05, 0.1) is 12.7 Å². The first-order valence-electron chi connectivity index (χ1n) is 5.74. The van der Waals surface area contributed by atoms with Crippen LogP contribution in [0.2, 0.25) is 0 Å². The van der Waals surface area contributed by atoms with Crippen molar-refractivity contribution in [2.75, 3.05) is 32.2 Å². The smallest absolute Gasteiger partial charge is 0.106 e. The third-order valence-electron chi connectivity index (χ3n) is 2.67. The minimum atomic E-state index is -0.541. The Kier molecular flexibility index (Phi) is 5.53. The molecule has 0 aliphatic heterocycles. The summed E-state index contributed by atoms with van der Waals surface area (Å²) in [5.74, 6) is 0. The van der Waals surface area contributed by atoms with Gasteiger partial charge in [-0.1, -0.05) is 23.8 Å². The van der Waals surface area contributed by atoms with Crippen LogP contribution in [0, 0.1) is 6.92 Å². The van der Waals surface area contributed by atoms with Gasteiger partial charge in [0, 0.05) is 32.0 Å². The number of nitrogens with two attached hydrogens (primary N) is 1. The molecule has 0 spiro atoms. The predicted molar refractivity (Wildman–Crippen MR) is 78.2 cm³/mol. The first-order valence-corrected chi connectivity index (χ1v) is 6.15. The highest BCUT2D eigenvalue weighted by molar-refractivity contribution is 7.80. The number of aliphatic hydroxyl groups is 1. The first-order chi connectivity index (χ1) is 8.45. The molecule has 3 N–H and O–H groups in total. The van der Waals surface area contributed by atoms with E-state index in [1.54, 1.807) is 7.11 Å². The van der Waals surface area contributed by atoms with E-state index in [0.717, 1.165) is 16.8 Å². The Morgan fingerprint density at radius 2 is 2.22 bits per heavy atom. The highest BCUT2D eigenvalue weighted by Gasteiger charge is 2.13. The van der Waals surface area contributed by atoms with Crippen LogP contribution in [-0.2, 0) is 4.74 Å². The van der Waals surface area contributed by atoms with E-state index in [4.69, 9.17) is 22.7 Å². The average molecular weight is 268 g/mol. The number of likely N-dealkylation sites (N-methyl/N-ethyl adjacent to an activating group) is 1. The molecule has 1 aromatic rings. The van der Waals surface area contributed by atoms with Crippen LogP contribution < -0.4 is 10.6 Å². The zero-order chi connectivity index (χ0) is 13.7. The van der Waals surface area contributed by atoms with Gasteiger partial charge in [0.15, 0.2) is 0 Å². The number of anilines is 1. The molecule has 1 rings (SSSR count). The summed E-state index contributed by atoms with van der Waals surface area (Å²) >= 11 is 5.06. The van der Waals surface area contributed by atoms with Crippen LogP contribution in [0.5, 0.6) is 0 Å². The highest BCUT2D eigenvalue weighted by atomic mass is 32.1. The summed E-state index contributed by atoms with van der Waals surface area (Å²) in [5, 5.41) is 9.73. The summed E-state index contributed by atoms with van der Waals surface area (Å²) in [6.07, 6.45) is -0.541. The van der Waals surface area contributed by atoms with Crippen LogP contribution in [0.25, 0.3) is 0 Å². The Morgan fingerprint density at radius 3 is 2.78 bits per heavy atom. The van der Waals surface area contributed by atoms with Gasteiger partial charge in [0.25, 0.3) is 0 Å². The van der Waals surface area contributed by atoms with Crippen molar-refractivity contribution in [3.63, 3.8) is 0 Å². The van der Waals surface area contributed by atoms with E-state index in [2.05, 4.69) is 0 Å². The van der Waals surface area contributed by atoms with E-state index >= 15 is 0 Å². The van der Waals surface area contributed by atoms with Crippen molar-refractivity contribution in [3.8, 4) is 0 Å². The van der Waals surface area contributed by atoms with Crippen LogP contribution in [0.1, 0.15) is 11.1 Å². The Bertz CT molecular complexity index is 423. The molecule has 0 radical (unpaired) electrons. The van der Waals surface area contributed by atoms with Crippen LogP contribution in [-0.4, -0.2) is 43.5 Å². The van der Waals surface area contributed by atoms with Crippen LogP contribution in [0.4, 0.5) is 5.69 Å². The fourth-order valence-electron chi connectivity index (χ4n) is 1.84. The summed E-state index contributed by atoms with van der Waals surface area (Å²) in [7, 11) is 3.46. The van der Waals surface area contributed by atoms with Crippen molar-refractivity contribution in [1.82, 2.24) is 0 Å². The fraction of sp³-hybridized carbons (Fsp3) is 0.462. The van der Waals surface area contributed by atoms with Crippen molar-refractivity contribution in [3.05, 3.63) is 29.3 Å². The number of rotatable bonds is 6. The molecule has 0 amide bonds. The van der Waals surface area contributed by atoms with Crippen molar-refractivity contribution in [2.45, 2.75) is 13.0 Å². The number of aliphatic hydroxyl groups excluding tert-OH is 1. The van der Waals surface area contributed by atoms with Gasteiger partial charge in [-0.05, 0) is 19.1 Å². The van der Waals surface area contributed by atoms with Gasteiger partial charge >= 0.3 is 0 Å². The number of hydrogen-bond acceptors (Lipinski definition) is 4. The highest BCUT2D eigenvalue weighted by Crippen LogP contribution is 2.21. The maximum Gasteiger partial charge on any atom is 0.106 e. The molecule has 0 aromatic heterocycles. The van der Waals surface area contributed by atoms with Crippen LogP contribution in [0.15, 0.2) is 18.2 Å². The van der Waals surface area contributed by atoms with Crippen molar-refractivity contribution < 1.29 is 9.84 Å². The van der Waals surface area contributed by atoms with Crippen molar-refractivity contribution in [2.24, 2.45) is 5.73 Å². The fourth-order valence-corrected chi connectivity index (χ4v) is 2.00. The lowest BCUT2D eigenvalue weighted by Crippen LogP contribution is -2.33. The molecule has 0 saturated carbocycles. The Morgan fingerprint density at radius 1 is 1.56 bits per heavy atom. The minimum absolute atomic E-state index is 0.304. The van der Waals surface area contributed by atoms with Gasteiger partial charge in [0.1, 0.15) is 4.99 Å². The van der Waals surface area contributed by atoms with Gasteiger partial charge < -0.3 is 20.5 Å². The molecule has 1 aromatic carbocycles. The van der Waals surface area contributed by atoms with Crippen molar-refractivity contribution >= 4 is 22.9 Å². The van der Waals surface area contributed by atoms with Gasteiger partial charge in [-0.3, -0.25) is 0 Å². The summed E-state index contributed by atoms with van der Waals surface area (Å²) in [4.78, 5) is 2.29. The standard InChI is InChI=1S/C13H20N2O2S/c1-9-4-5-12(11(6-9)13(14)18)15(2)7-10(16)8-17-3/h4-6,10,16H,7-8H2,1-3H3,(H2,14,18). The molecule has 100 valence electrons. The normalized spacial score (nSPS) is 12.2. The number of methoxy groups -OCH3 is 1. The summed E-state index contributed by atoms with van der Waals surface area (Å²) in [6.45, 7) is 2.76. The zero-order valence-electron chi connectivity index (χ0n) is 11.0. The largest absolute Gasteiger partial charge is 0.389 e. The lowest BCUT2D eigenvalue weighted by molar-refractivity contribution is 0.0695. The molecule has 1 unspecified atom stereocenters. The number of ether oxygens (including phenoxy) is 1. The zero-order valence-corrected chi connectivity index (χ0v) is 11.8. The molecule has 0 bridgehead atoms. The molecule has 0 aliphatic rings. The third-order valence-corrected chi connectivity index (χ3v) is 2.89. The molecular formula is C13H20N2O2S. The monoisotopic (exact) mass is 268 g/mol. The molecule has 0 heterocycles. The van der Waals surface area contributed by atoms with Crippen LogP contribution in [0.3, 0.4) is 0 Å². The lowest BCUT2D eigenvalue weighted by atomic mass is 10.1. The second-order valence-electron chi connectivity index (χ2n) is 4.37. The average Bonchev–Trinajstić information content (AvgIpc) is 2.28. The van der Waals surface area contributed by atoms with E-state index in [9.17, 15) is 5.11 Å². The van der Waals surface area contributed by atoms with E-state index in [1.807, 2.05) is 37.1 Å². The molecule has 18 heavy (non-hydrogen) atoms. The molecule has 4 nitrogen and oxygen atoms in total. The third kappa shape index (κ3) is 3.94. The predicted octanol–water partition coefficient (Wildman–Crippen LogP) is 1.07. The molecule has 5 heteroatoms. The molecule has 0 saturated heterocycles. The van der Waals surface area contributed by atoms with Gasteiger partial charge in [-0.2, -0.15) is 0 Å². The topological polar surface area (TPSA) is 58.7 Å². The van der Waals surface area contributed by atoms with Gasteiger partial charge in [-0.15, -0.1) is 0 Å². The number of aryl methyl sites for hydroxylation is 1. The molecule has 1 atom stereocenters. The Balaban J connectivity index is 2.91. The Hall–Kier alpha value is -1.17. The second-order valence-corrected chi connectivity index (χ2v) is 4.81. The SMILES string of the molecule is COCC(O)CN(C)c1ccc(C)cc1C(N)=S. The summed E-state index contributed by atoms with van der Waals surface area (Å²) < 4.78 is 4.91.